The van der Waals surface area contributed by atoms with Gasteiger partial charge in [0.25, 0.3) is 0 Å². The van der Waals surface area contributed by atoms with Crippen molar-refractivity contribution in [1.82, 2.24) is 19.9 Å². The molecule has 2 aromatic heterocycles. The summed E-state index contributed by atoms with van der Waals surface area (Å²) in [5.74, 6) is 0. The third kappa shape index (κ3) is 1.58. The largest absolute Gasteiger partial charge is 0.364 e. The Kier molecular flexibility index (Phi) is 2.93. The summed E-state index contributed by atoms with van der Waals surface area (Å²) in [5.41, 5.74) is 1.19. The maximum absolute atomic E-state index is 5.64. The Morgan fingerprint density at radius 3 is 3.00 bits per heavy atom. The maximum atomic E-state index is 5.64. The van der Waals surface area contributed by atoms with Crippen molar-refractivity contribution in [2.75, 3.05) is 0 Å². The van der Waals surface area contributed by atoms with E-state index in [4.69, 9.17) is 11.6 Å². The molecule has 0 aromatic carbocycles. The molecule has 0 spiro atoms. The third-order valence-corrected chi connectivity index (χ3v) is 1.40. The molecule has 4 nitrogen and oxygen atoms in total. The minimum atomic E-state index is 0. The van der Waals surface area contributed by atoms with Crippen molar-refractivity contribution in [2.24, 2.45) is 0 Å². The Morgan fingerprint density at radius 2 is 2.27 bits per heavy atom. The molecular formula is C5H2ClN4Y-. The first-order chi connectivity index (χ1) is 4.88. The van der Waals surface area contributed by atoms with Crippen LogP contribution in [0.15, 0.2) is 6.33 Å². The van der Waals surface area contributed by atoms with E-state index in [0.29, 0.717) is 16.3 Å². The molecule has 6 heteroatoms. The normalized spacial score (nSPS) is 9.55. The van der Waals surface area contributed by atoms with E-state index < -0.39 is 0 Å². The molecule has 0 amide bonds. The molecule has 0 aliphatic rings. The van der Waals surface area contributed by atoms with Crippen LogP contribution in [0.1, 0.15) is 0 Å². The number of fused-ring (bicyclic) bond motifs is 1. The molecule has 2 aromatic rings. The standard InChI is InChI=1S/C5H2ClN4.Y/c6-4-3-5(9-1-7-3)10-2-8-4;/h1H,(H,7,8,9,10);/q-1;. The topological polar surface area (TPSA) is 54.5 Å². The van der Waals surface area contributed by atoms with Crippen LogP contribution in [-0.4, -0.2) is 19.9 Å². The van der Waals surface area contributed by atoms with Gasteiger partial charge < -0.3 is 15.0 Å². The quantitative estimate of drug-likeness (QED) is 0.549. The summed E-state index contributed by atoms with van der Waals surface area (Å²) in [5, 5.41) is 0.350. The van der Waals surface area contributed by atoms with E-state index in [1.54, 1.807) is 0 Å². The van der Waals surface area contributed by atoms with Crippen LogP contribution < -0.4 is 0 Å². The number of imidazole rings is 1. The van der Waals surface area contributed by atoms with Gasteiger partial charge in [-0.3, -0.25) is 4.98 Å². The van der Waals surface area contributed by atoms with Gasteiger partial charge >= 0.3 is 0 Å². The molecule has 11 heavy (non-hydrogen) atoms. The predicted molar refractivity (Wildman–Crippen MR) is 35.5 cm³/mol. The van der Waals surface area contributed by atoms with Gasteiger partial charge in [0.1, 0.15) is 0 Å². The van der Waals surface area contributed by atoms with E-state index in [1.165, 1.54) is 6.33 Å². The number of halogens is 1. The molecule has 0 bridgehead atoms. The van der Waals surface area contributed by atoms with Gasteiger partial charge in [-0.25, -0.2) is 0 Å². The SMILES string of the molecule is Clc1n[c-]nc2nc[nH]c12.[Y]. The van der Waals surface area contributed by atoms with Gasteiger partial charge in [-0.1, -0.05) is 0 Å². The van der Waals surface area contributed by atoms with E-state index in [-0.39, 0.29) is 32.7 Å². The zero-order chi connectivity index (χ0) is 6.97. The van der Waals surface area contributed by atoms with Crippen LogP contribution in [0.2, 0.25) is 5.15 Å². The average Bonchev–Trinajstić information content (AvgIpc) is 2.36. The number of hydrogen-bond donors (Lipinski definition) is 1. The fraction of sp³-hybridized carbons (Fsp3) is 0. The first-order valence-electron chi connectivity index (χ1n) is 2.60. The van der Waals surface area contributed by atoms with Crippen molar-refractivity contribution in [1.29, 1.82) is 0 Å². The zero-order valence-electron chi connectivity index (χ0n) is 5.37. The number of nitrogens with zero attached hydrogens (tertiary/aromatic N) is 3. The second-order valence-electron chi connectivity index (χ2n) is 1.72. The van der Waals surface area contributed by atoms with Gasteiger partial charge in [-0.2, -0.15) is 0 Å². The molecule has 0 atom stereocenters. The molecule has 0 fully saturated rings. The van der Waals surface area contributed by atoms with Crippen LogP contribution >= 0.6 is 11.6 Å². The van der Waals surface area contributed by atoms with Crippen molar-refractivity contribution < 1.29 is 32.7 Å². The smallest absolute Gasteiger partial charge is 0.0791 e. The van der Waals surface area contributed by atoms with Gasteiger partial charge in [-0.05, 0) is 0 Å². The molecule has 2 rings (SSSR count). The third-order valence-electron chi connectivity index (χ3n) is 1.13. The Bertz CT molecular complexity index is 360. The summed E-state index contributed by atoms with van der Waals surface area (Å²) in [6.07, 6.45) is 3.89. The molecule has 53 valence electrons. The van der Waals surface area contributed by atoms with Crippen molar-refractivity contribution in [3.8, 4) is 0 Å². The number of aromatic amines is 1. The van der Waals surface area contributed by atoms with E-state index >= 15 is 0 Å². The Balaban J connectivity index is 0.000000605. The van der Waals surface area contributed by atoms with Crippen LogP contribution in [0.3, 0.4) is 0 Å². The predicted octanol–water partition coefficient (Wildman–Crippen LogP) is 0.804. The van der Waals surface area contributed by atoms with E-state index in [0.717, 1.165) is 0 Å². The van der Waals surface area contributed by atoms with E-state index in [2.05, 4.69) is 26.3 Å². The summed E-state index contributed by atoms with van der Waals surface area (Å²) in [4.78, 5) is 14.0. The maximum Gasteiger partial charge on any atom is 0.0791 e. The Labute approximate surface area is 92.7 Å². The summed E-state index contributed by atoms with van der Waals surface area (Å²) in [6, 6.07) is 0. The van der Waals surface area contributed by atoms with E-state index in [1.807, 2.05) is 0 Å². The first kappa shape index (κ1) is 9.04. The fourth-order valence-corrected chi connectivity index (χ4v) is 0.873. The van der Waals surface area contributed by atoms with Crippen LogP contribution in [0, 0.1) is 6.33 Å². The molecule has 0 aliphatic carbocycles. The number of nitrogens with one attached hydrogen (secondary N) is 1. The van der Waals surface area contributed by atoms with Crippen LogP contribution in [0.4, 0.5) is 0 Å². The van der Waals surface area contributed by atoms with Crippen molar-refractivity contribution in [2.45, 2.75) is 0 Å². The van der Waals surface area contributed by atoms with Crippen LogP contribution in [0.5, 0.6) is 0 Å². The fourth-order valence-electron chi connectivity index (χ4n) is 0.696. The monoisotopic (exact) mass is 242 g/mol. The summed E-state index contributed by atoms with van der Waals surface area (Å²) in [7, 11) is 0. The van der Waals surface area contributed by atoms with Crippen molar-refractivity contribution in [3.63, 3.8) is 0 Å². The molecule has 0 aliphatic heterocycles. The van der Waals surface area contributed by atoms with Crippen LogP contribution in [0.25, 0.3) is 11.2 Å². The number of H-pyrrole nitrogens is 1. The summed E-state index contributed by atoms with van der Waals surface area (Å²) >= 11 is 5.64. The number of aromatic nitrogens is 4. The second-order valence-corrected chi connectivity index (χ2v) is 2.07. The molecule has 0 saturated carbocycles. The van der Waals surface area contributed by atoms with E-state index in [9.17, 15) is 0 Å². The molecule has 1 radical (unpaired) electrons. The molecule has 2 heterocycles. The number of rotatable bonds is 0. The Hall–Kier alpha value is -0.0561. The van der Waals surface area contributed by atoms with Gasteiger partial charge in [0, 0.05) is 49.7 Å². The molecule has 0 saturated heterocycles. The molecule has 0 unspecified atom stereocenters. The van der Waals surface area contributed by atoms with Gasteiger partial charge in [0.05, 0.1) is 12.0 Å². The first-order valence-corrected chi connectivity index (χ1v) is 2.98. The van der Waals surface area contributed by atoms with Crippen molar-refractivity contribution >= 4 is 22.8 Å². The summed E-state index contributed by atoms with van der Waals surface area (Å²) < 4.78 is 0. The molecule has 1 N–H and O–H groups in total. The minimum Gasteiger partial charge on any atom is -0.364 e. The van der Waals surface area contributed by atoms with Gasteiger partial charge in [-0.15, -0.1) is 11.6 Å². The van der Waals surface area contributed by atoms with Gasteiger partial charge in [0.2, 0.25) is 0 Å². The Morgan fingerprint density at radius 1 is 1.45 bits per heavy atom. The zero-order valence-corrected chi connectivity index (χ0v) is 8.97. The second kappa shape index (κ2) is 3.56. The van der Waals surface area contributed by atoms with Crippen molar-refractivity contribution in [3.05, 3.63) is 17.8 Å². The van der Waals surface area contributed by atoms with Gasteiger partial charge in [0.15, 0.2) is 0 Å². The van der Waals surface area contributed by atoms with Crippen LogP contribution in [-0.2, 0) is 32.7 Å². The molecular weight excluding hydrogens is 240 g/mol. The minimum absolute atomic E-state index is 0. The average molecular weight is 242 g/mol. The number of hydrogen-bond acceptors (Lipinski definition) is 3. The summed E-state index contributed by atoms with van der Waals surface area (Å²) in [6.45, 7) is 0.